The van der Waals surface area contributed by atoms with Gasteiger partial charge in [0.1, 0.15) is 24.5 Å². The molecule has 1 saturated heterocycles. The number of ether oxygens (including phenoxy) is 3. The van der Waals surface area contributed by atoms with Crippen molar-refractivity contribution < 1.29 is 19.0 Å². The topological polar surface area (TPSA) is 90.7 Å². The van der Waals surface area contributed by atoms with Gasteiger partial charge in [-0.3, -0.25) is 4.68 Å². The SMILES string of the molecule is C[C@@H]1CC2(CC[C@@H]1Nc1ccc3c(-c4ccc(OCc5ccccc5)nc4OCc4ccccc4)nn(C)c3c1)CN(C(=O)OC(C)(C)C)C2. The number of nitrogens with one attached hydrogen (secondary N) is 1. The minimum absolute atomic E-state index is 0.196. The molecule has 1 saturated carbocycles. The first-order valence-electron chi connectivity index (χ1n) is 17.6. The van der Waals surface area contributed by atoms with Crippen molar-refractivity contribution in [1.82, 2.24) is 19.7 Å². The molecule has 5 aromatic rings. The Bertz CT molecular complexity index is 1950. The average Bonchev–Trinajstić information content (AvgIpc) is 3.41. The van der Waals surface area contributed by atoms with Gasteiger partial charge in [0.25, 0.3) is 0 Å². The summed E-state index contributed by atoms with van der Waals surface area (Å²) in [6, 6.07) is 30.8. The highest BCUT2D eigenvalue weighted by Crippen LogP contribution is 2.47. The number of aryl methyl sites for hydroxylation is 1. The molecule has 9 nitrogen and oxygen atoms in total. The summed E-state index contributed by atoms with van der Waals surface area (Å²) in [5.74, 6) is 1.45. The zero-order chi connectivity index (χ0) is 34.9. The van der Waals surface area contributed by atoms with Crippen molar-refractivity contribution in [2.45, 2.75) is 71.8 Å². The molecule has 2 aliphatic rings. The summed E-state index contributed by atoms with van der Waals surface area (Å²) >= 11 is 0. The molecule has 1 N–H and O–H groups in total. The van der Waals surface area contributed by atoms with E-state index in [4.69, 9.17) is 24.3 Å². The molecule has 260 valence electrons. The molecule has 0 bridgehead atoms. The van der Waals surface area contributed by atoms with Crippen LogP contribution in [0.1, 0.15) is 58.1 Å². The zero-order valence-corrected chi connectivity index (χ0v) is 29.7. The molecular weight excluding hydrogens is 626 g/mol. The number of hydrogen-bond donors (Lipinski definition) is 1. The quantitative estimate of drug-likeness (QED) is 0.168. The fraction of sp³-hybridized carbons (Fsp3) is 0.390. The zero-order valence-electron chi connectivity index (χ0n) is 29.7. The number of carbonyl (C=O) groups excluding carboxylic acids is 1. The number of nitrogens with zero attached hydrogens (tertiary/aromatic N) is 4. The van der Waals surface area contributed by atoms with Gasteiger partial charge in [-0.15, -0.1) is 0 Å². The minimum atomic E-state index is -0.470. The van der Waals surface area contributed by atoms with Crippen LogP contribution in [0.15, 0.2) is 91.0 Å². The number of amides is 1. The normalized spacial score (nSPS) is 18.5. The summed E-state index contributed by atoms with van der Waals surface area (Å²) in [7, 11) is 1.98. The van der Waals surface area contributed by atoms with Crippen molar-refractivity contribution >= 4 is 22.7 Å². The van der Waals surface area contributed by atoms with Crippen LogP contribution in [0, 0.1) is 11.3 Å². The third-order valence-corrected chi connectivity index (χ3v) is 9.87. The molecule has 0 unspecified atom stereocenters. The summed E-state index contributed by atoms with van der Waals surface area (Å²) in [4.78, 5) is 19.2. The van der Waals surface area contributed by atoms with Gasteiger partial charge >= 0.3 is 6.09 Å². The highest BCUT2D eigenvalue weighted by atomic mass is 16.6. The molecule has 1 aliphatic heterocycles. The highest BCUT2D eigenvalue weighted by Gasteiger charge is 2.50. The van der Waals surface area contributed by atoms with Gasteiger partial charge in [-0.25, -0.2) is 4.79 Å². The van der Waals surface area contributed by atoms with E-state index >= 15 is 0 Å². The Morgan fingerprint density at radius 3 is 2.26 bits per heavy atom. The van der Waals surface area contributed by atoms with Crippen LogP contribution in [0.3, 0.4) is 0 Å². The van der Waals surface area contributed by atoms with E-state index in [-0.39, 0.29) is 11.5 Å². The van der Waals surface area contributed by atoms with Gasteiger partial charge in [0.15, 0.2) is 0 Å². The van der Waals surface area contributed by atoms with Gasteiger partial charge in [0.2, 0.25) is 11.8 Å². The number of anilines is 1. The lowest BCUT2D eigenvalue weighted by atomic mass is 9.64. The highest BCUT2D eigenvalue weighted by molar-refractivity contribution is 5.96. The Morgan fingerprint density at radius 2 is 1.60 bits per heavy atom. The Hall–Kier alpha value is -5.05. The first-order valence-corrected chi connectivity index (χ1v) is 17.6. The lowest BCUT2D eigenvalue weighted by Crippen LogP contribution is -2.62. The third-order valence-electron chi connectivity index (χ3n) is 9.87. The van der Waals surface area contributed by atoms with E-state index in [9.17, 15) is 4.79 Å². The molecule has 1 aliphatic carbocycles. The van der Waals surface area contributed by atoms with Crippen LogP contribution in [-0.4, -0.2) is 50.5 Å². The van der Waals surface area contributed by atoms with Crippen LogP contribution in [0.5, 0.6) is 11.8 Å². The second-order valence-corrected chi connectivity index (χ2v) is 15.1. The Morgan fingerprint density at radius 1 is 0.920 bits per heavy atom. The molecule has 3 aromatic carbocycles. The fourth-order valence-corrected chi connectivity index (χ4v) is 7.41. The summed E-state index contributed by atoms with van der Waals surface area (Å²) in [6.45, 7) is 10.4. The Labute approximate surface area is 294 Å². The van der Waals surface area contributed by atoms with Crippen LogP contribution in [0.25, 0.3) is 22.2 Å². The molecule has 2 atom stereocenters. The van der Waals surface area contributed by atoms with E-state index in [0.29, 0.717) is 36.9 Å². The molecule has 7 rings (SSSR count). The molecule has 9 heteroatoms. The standard InChI is InChI=1S/C41H47N5O4/c1-28-23-41(26-46(27-41)39(47)50-40(2,3)4)21-20-34(28)42-31-16-17-32-35(22-31)45(5)44-37(32)33-18-19-36(48-24-29-12-8-6-9-13-29)43-38(33)49-25-30-14-10-7-11-15-30/h6-19,22,28,34,42H,20-21,23-27H2,1-5H3/t28-,34+/m1/s1. The largest absolute Gasteiger partial charge is 0.473 e. The number of benzene rings is 3. The second kappa shape index (κ2) is 13.7. The van der Waals surface area contributed by atoms with Crippen LogP contribution < -0.4 is 14.8 Å². The molecule has 0 radical (unpaired) electrons. The van der Waals surface area contributed by atoms with Gasteiger partial charge in [-0.2, -0.15) is 10.1 Å². The molecule has 2 aromatic heterocycles. The molecule has 1 amide bonds. The van der Waals surface area contributed by atoms with E-state index in [0.717, 1.165) is 71.3 Å². The summed E-state index contributed by atoms with van der Waals surface area (Å²) < 4.78 is 20.0. The summed E-state index contributed by atoms with van der Waals surface area (Å²) in [5.41, 5.74) is 5.58. The number of pyridine rings is 1. The van der Waals surface area contributed by atoms with Gasteiger partial charge in [-0.1, -0.05) is 67.6 Å². The predicted octanol–water partition coefficient (Wildman–Crippen LogP) is 8.63. The van der Waals surface area contributed by atoms with Crippen molar-refractivity contribution in [3.8, 4) is 23.0 Å². The van der Waals surface area contributed by atoms with Crippen molar-refractivity contribution in [1.29, 1.82) is 0 Å². The van der Waals surface area contributed by atoms with E-state index in [2.05, 4.69) is 30.4 Å². The fourth-order valence-electron chi connectivity index (χ4n) is 7.41. The maximum atomic E-state index is 12.5. The van der Waals surface area contributed by atoms with E-state index < -0.39 is 5.60 Å². The van der Waals surface area contributed by atoms with E-state index in [1.165, 1.54) is 0 Å². The molecule has 50 heavy (non-hydrogen) atoms. The third kappa shape index (κ3) is 7.42. The number of likely N-dealkylation sites (tertiary alicyclic amines) is 1. The molecule has 3 heterocycles. The lowest BCUT2D eigenvalue weighted by Gasteiger charge is -2.55. The molecule has 1 spiro atoms. The predicted molar refractivity (Wildman–Crippen MR) is 196 cm³/mol. The summed E-state index contributed by atoms with van der Waals surface area (Å²) in [5, 5.41) is 9.83. The monoisotopic (exact) mass is 673 g/mol. The maximum absolute atomic E-state index is 12.5. The Balaban J connectivity index is 1.07. The number of fused-ring (bicyclic) bond motifs is 1. The number of carbonyl (C=O) groups is 1. The van der Waals surface area contributed by atoms with Crippen molar-refractivity contribution in [3.05, 3.63) is 102 Å². The number of rotatable bonds is 9. The van der Waals surface area contributed by atoms with Gasteiger partial charge in [-0.05, 0) is 81.3 Å². The second-order valence-electron chi connectivity index (χ2n) is 15.1. The maximum Gasteiger partial charge on any atom is 0.410 e. The van der Waals surface area contributed by atoms with Crippen LogP contribution in [0.2, 0.25) is 0 Å². The van der Waals surface area contributed by atoms with E-state index in [1.54, 1.807) is 0 Å². The van der Waals surface area contributed by atoms with Crippen molar-refractivity contribution in [3.63, 3.8) is 0 Å². The van der Waals surface area contributed by atoms with Crippen LogP contribution in [-0.2, 0) is 25.0 Å². The van der Waals surface area contributed by atoms with Gasteiger partial charge in [0.05, 0.1) is 11.1 Å². The minimum Gasteiger partial charge on any atom is -0.473 e. The van der Waals surface area contributed by atoms with Crippen molar-refractivity contribution in [2.75, 3.05) is 18.4 Å². The Kier molecular flexibility index (Phi) is 9.16. The van der Waals surface area contributed by atoms with Crippen molar-refractivity contribution in [2.24, 2.45) is 18.4 Å². The van der Waals surface area contributed by atoms with Crippen LogP contribution >= 0.6 is 0 Å². The number of hydrogen-bond acceptors (Lipinski definition) is 7. The average molecular weight is 674 g/mol. The van der Waals surface area contributed by atoms with E-state index in [1.807, 2.05) is 110 Å². The first-order chi connectivity index (χ1) is 24.0. The number of aromatic nitrogens is 3. The smallest absolute Gasteiger partial charge is 0.410 e. The summed E-state index contributed by atoms with van der Waals surface area (Å²) in [6.07, 6.45) is 3.05. The molecular formula is C41H47N5O4. The van der Waals surface area contributed by atoms with Gasteiger partial charge < -0.3 is 24.4 Å². The lowest BCUT2D eigenvalue weighted by molar-refractivity contribution is -0.0580. The molecule has 2 fully saturated rings. The first kappa shape index (κ1) is 33.4. The van der Waals surface area contributed by atoms with Crippen LogP contribution in [0.4, 0.5) is 10.5 Å². The van der Waals surface area contributed by atoms with Gasteiger partial charge in [0, 0.05) is 48.7 Å².